The summed E-state index contributed by atoms with van der Waals surface area (Å²) in [4.78, 5) is 15.0. The zero-order valence-electron chi connectivity index (χ0n) is 10.9. The largest absolute Gasteiger partial charge is 0.497 e. The summed E-state index contributed by atoms with van der Waals surface area (Å²) in [5, 5.41) is 9.11. The van der Waals surface area contributed by atoms with Crippen LogP contribution in [0.3, 0.4) is 0 Å². The molecule has 1 aliphatic heterocycles. The molecule has 0 aliphatic carbocycles. The third-order valence-electron chi connectivity index (χ3n) is 3.55. The predicted molar refractivity (Wildman–Crippen MR) is 66.9 cm³/mol. The Hall–Kier alpha value is -1.40. The second-order valence-corrected chi connectivity index (χ2v) is 5.33. The summed E-state index contributed by atoms with van der Waals surface area (Å²) in [5.41, 5.74) is -0.577. The van der Waals surface area contributed by atoms with E-state index in [0.29, 0.717) is 5.46 Å². The number of pyridine rings is 1. The molecule has 0 aromatic carbocycles. The Morgan fingerprint density at radius 2 is 1.83 bits per heavy atom. The molecule has 0 radical (unpaired) electrons. The van der Waals surface area contributed by atoms with E-state index >= 15 is 0 Å². The van der Waals surface area contributed by atoms with Gasteiger partial charge in [-0.3, -0.25) is 0 Å². The number of carboxylic acids is 1. The van der Waals surface area contributed by atoms with E-state index < -0.39 is 24.3 Å². The highest BCUT2D eigenvalue weighted by Crippen LogP contribution is 2.36. The molecule has 0 spiro atoms. The number of carbonyl (C=O) groups is 1. The van der Waals surface area contributed by atoms with Crippen molar-refractivity contribution in [3.8, 4) is 0 Å². The Labute approximate surface area is 106 Å². The summed E-state index contributed by atoms with van der Waals surface area (Å²) >= 11 is 0. The highest BCUT2D eigenvalue weighted by molar-refractivity contribution is 6.63. The van der Waals surface area contributed by atoms with E-state index in [9.17, 15) is 4.79 Å². The van der Waals surface area contributed by atoms with E-state index in [-0.39, 0.29) is 5.69 Å². The monoisotopic (exact) mass is 249 g/mol. The quantitative estimate of drug-likeness (QED) is 0.794. The molecule has 1 aromatic rings. The summed E-state index contributed by atoms with van der Waals surface area (Å²) in [6, 6.07) is 3.34. The molecular weight excluding hydrogens is 233 g/mol. The SMILES string of the molecule is CC1(C)OB(c2cccnc2C(=O)O)OC1(C)C. The Bertz CT molecular complexity index is 471. The summed E-state index contributed by atoms with van der Waals surface area (Å²) in [7, 11) is -0.699. The van der Waals surface area contributed by atoms with Crippen molar-refractivity contribution in [3.63, 3.8) is 0 Å². The standard InChI is InChI=1S/C12H16BNO4/c1-11(2)12(3,4)18-13(17-11)8-6-5-7-14-9(8)10(15)16/h5-7H,1-4H3,(H,15,16). The van der Waals surface area contributed by atoms with Crippen LogP contribution in [-0.2, 0) is 9.31 Å². The van der Waals surface area contributed by atoms with Crippen LogP contribution in [0.5, 0.6) is 0 Å². The van der Waals surface area contributed by atoms with Crippen LogP contribution < -0.4 is 5.46 Å². The topological polar surface area (TPSA) is 68.7 Å². The molecule has 0 atom stereocenters. The van der Waals surface area contributed by atoms with E-state index in [4.69, 9.17) is 14.4 Å². The molecule has 1 fully saturated rings. The van der Waals surface area contributed by atoms with Gasteiger partial charge < -0.3 is 14.4 Å². The molecule has 1 aromatic heterocycles. The van der Waals surface area contributed by atoms with E-state index in [0.717, 1.165) is 0 Å². The van der Waals surface area contributed by atoms with Gasteiger partial charge >= 0.3 is 13.1 Å². The van der Waals surface area contributed by atoms with Crippen molar-refractivity contribution in [1.82, 2.24) is 4.98 Å². The number of rotatable bonds is 2. The van der Waals surface area contributed by atoms with Crippen molar-refractivity contribution < 1.29 is 19.2 Å². The first-order valence-corrected chi connectivity index (χ1v) is 5.78. The minimum atomic E-state index is -1.08. The lowest BCUT2D eigenvalue weighted by Crippen LogP contribution is -2.41. The molecular formula is C12H16BNO4. The molecule has 6 heteroatoms. The van der Waals surface area contributed by atoms with E-state index in [2.05, 4.69) is 4.98 Å². The van der Waals surface area contributed by atoms with Gasteiger partial charge in [-0.25, -0.2) is 9.78 Å². The molecule has 0 amide bonds. The Morgan fingerprint density at radius 3 is 2.33 bits per heavy atom. The maximum atomic E-state index is 11.1. The first kappa shape index (κ1) is 13.0. The Balaban J connectivity index is 2.38. The minimum absolute atomic E-state index is 0.0315. The minimum Gasteiger partial charge on any atom is -0.477 e. The fourth-order valence-electron chi connectivity index (χ4n) is 1.76. The molecule has 1 N–H and O–H groups in total. The predicted octanol–water partition coefficient (Wildman–Crippen LogP) is 1.08. The van der Waals surface area contributed by atoms with Gasteiger partial charge in [-0.1, -0.05) is 6.07 Å². The summed E-state index contributed by atoms with van der Waals surface area (Å²) in [6.07, 6.45) is 1.44. The van der Waals surface area contributed by atoms with Crippen molar-refractivity contribution in [3.05, 3.63) is 24.0 Å². The van der Waals surface area contributed by atoms with Crippen LogP contribution >= 0.6 is 0 Å². The summed E-state index contributed by atoms with van der Waals surface area (Å²) in [6.45, 7) is 7.68. The lowest BCUT2D eigenvalue weighted by Gasteiger charge is -2.32. The van der Waals surface area contributed by atoms with Gasteiger partial charge in [0.2, 0.25) is 0 Å². The zero-order chi connectivity index (χ0) is 13.6. The molecule has 0 saturated carbocycles. The van der Waals surface area contributed by atoms with Gasteiger partial charge in [0.05, 0.1) is 11.2 Å². The van der Waals surface area contributed by atoms with Gasteiger partial charge in [0.15, 0.2) is 0 Å². The lowest BCUT2D eigenvalue weighted by atomic mass is 9.78. The number of carboxylic acid groups (broad SMARTS) is 1. The van der Waals surface area contributed by atoms with Gasteiger partial charge in [0, 0.05) is 11.7 Å². The molecule has 5 nitrogen and oxygen atoms in total. The van der Waals surface area contributed by atoms with Gasteiger partial charge in [0.25, 0.3) is 0 Å². The Morgan fingerprint density at radius 1 is 1.28 bits per heavy atom. The molecule has 2 rings (SSSR count). The second kappa shape index (κ2) is 4.07. The molecule has 0 bridgehead atoms. The van der Waals surface area contributed by atoms with E-state index in [1.165, 1.54) is 6.20 Å². The normalized spacial score (nSPS) is 21.0. The third-order valence-corrected chi connectivity index (χ3v) is 3.55. The highest BCUT2D eigenvalue weighted by Gasteiger charge is 2.52. The van der Waals surface area contributed by atoms with Crippen molar-refractivity contribution in [1.29, 1.82) is 0 Å². The first-order chi connectivity index (χ1) is 8.24. The van der Waals surface area contributed by atoms with Crippen LogP contribution in [0.15, 0.2) is 18.3 Å². The van der Waals surface area contributed by atoms with E-state index in [1.54, 1.807) is 12.1 Å². The average Bonchev–Trinajstić information content (AvgIpc) is 2.48. The summed E-state index contributed by atoms with van der Waals surface area (Å²) in [5.74, 6) is -1.08. The number of hydrogen-bond acceptors (Lipinski definition) is 4. The zero-order valence-corrected chi connectivity index (χ0v) is 10.9. The van der Waals surface area contributed by atoms with Gasteiger partial charge in [-0.15, -0.1) is 0 Å². The van der Waals surface area contributed by atoms with Crippen molar-refractivity contribution >= 4 is 18.6 Å². The van der Waals surface area contributed by atoms with Crippen molar-refractivity contribution in [2.75, 3.05) is 0 Å². The second-order valence-electron chi connectivity index (χ2n) is 5.33. The molecule has 96 valence electrons. The maximum absolute atomic E-state index is 11.1. The van der Waals surface area contributed by atoms with Gasteiger partial charge in [-0.2, -0.15) is 0 Å². The fourth-order valence-corrected chi connectivity index (χ4v) is 1.76. The first-order valence-electron chi connectivity index (χ1n) is 5.78. The van der Waals surface area contributed by atoms with Crippen LogP contribution in [0.4, 0.5) is 0 Å². The van der Waals surface area contributed by atoms with Crippen LogP contribution in [0, 0.1) is 0 Å². The molecule has 1 aliphatic rings. The molecule has 18 heavy (non-hydrogen) atoms. The van der Waals surface area contributed by atoms with E-state index in [1.807, 2.05) is 27.7 Å². The van der Waals surface area contributed by atoms with Crippen molar-refractivity contribution in [2.24, 2.45) is 0 Å². The fraction of sp³-hybridized carbons (Fsp3) is 0.500. The third kappa shape index (κ3) is 2.02. The number of aromatic nitrogens is 1. The van der Waals surface area contributed by atoms with Crippen LogP contribution in [0.1, 0.15) is 38.2 Å². The lowest BCUT2D eigenvalue weighted by molar-refractivity contribution is 0.00578. The van der Waals surface area contributed by atoms with Crippen molar-refractivity contribution in [2.45, 2.75) is 38.9 Å². The number of aromatic carboxylic acids is 1. The molecule has 2 heterocycles. The van der Waals surface area contributed by atoms with Crippen LogP contribution in [0.2, 0.25) is 0 Å². The molecule has 0 unspecified atom stereocenters. The molecule has 1 saturated heterocycles. The smallest absolute Gasteiger partial charge is 0.477 e. The summed E-state index contributed by atoms with van der Waals surface area (Å²) < 4.78 is 11.6. The van der Waals surface area contributed by atoms with Gasteiger partial charge in [-0.05, 0) is 33.8 Å². The Kier molecular flexibility index (Phi) is 2.95. The maximum Gasteiger partial charge on any atom is 0.497 e. The number of nitrogens with zero attached hydrogens (tertiary/aromatic N) is 1. The number of hydrogen-bond donors (Lipinski definition) is 1. The van der Waals surface area contributed by atoms with Gasteiger partial charge in [0.1, 0.15) is 5.69 Å². The van der Waals surface area contributed by atoms with Crippen LogP contribution in [0.25, 0.3) is 0 Å². The average molecular weight is 249 g/mol. The highest BCUT2D eigenvalue weighted by atomic mass is 16.7. The van der Waals surface area contributed by atoms with Crippen LogP contribution in [-0.4, -0.2) is 34.4 Å².